The normalized spacial score (nSPS) is 11.9. The zero-order chi connectivity index (χ0) is 13.4. The second-order valence-corrected chi connectivity index (χ2v) is 4.94. The van der Waals surface area contributed by atoms with Crippen molar-refractivity contribution < 1.29 is 4.74 Å². The number of hydrogen-bond acceptors (Lipinski definition) is 2. The highest BCUT2D eigenvalue weighted by Crippen LogP contribution is 2.20. The molecule has 2 nitrogen and oxygen atoms in total. The second kappa shape index (κ2) is 7.93. The quantitative estimate of drug-likeness (QED) is 0.587. The summed E-state index contributed by atoms with van der Waals surface area (Å²) >= 11 is 0. The Balaban J connectivity index is 2.48. The van der Waals surface area contributed by atoms with Crippen LogP contribution >= 0.6 is 0 Å². The van der Waals surface area contributed by atoms with Crippen LogP contribution in [0.2, 0.25) is 0 Å². The van der Waals surface area contributed by atoms with E-state index in [-0.39, 0.29) is 0 Å². The molecule has 0 bridgehead atoms. The van der Waals surface area contributed by atoms with Gasteiger partial charge >= 0.3 is 0 Å². The Bertz CT molecular complexity index is 382. The van der Waals surface area contributed by atoms with Crippen LogP contribution in [-0.2, 0) is 6.42 Å². The molecule has 1 aromatic carbocycles. The van der Waals surface area contributed by atoms with Gasteiger partial charge in [0.05, 0.1) is 7.11 Å². The summed E-state index contributed by atoms with van der Waals surface area (Å²) in [6.07, 6.45) is 4.35. The number of allylic oxidation sites excluding steroid dienone is 1. The Morgan fingerprint density at radius 1 is 1.33 bits per heavy atom. The van der Waals surface area contributed by atoms with Gasteiger partial charge in [-0.3, -0.25) is 0 Å². The molecule has 0 fully saturated rings. The molecule has 0 spiro atoms. The third-order valence-electron chi connectivity index (χ3n) is 2.85. The van der Waals surface area contributed by atoms with Gasteiger partial charge in [0.2, 0.25) is 0 Å². The molecule has 0 saturated heterocycles. The van der Waals surface area contributed by atoms with E-state index < -0.39 is 0 Å². The largest absolute Gasteiger partial charge is 0.496 e. The monoisotopic (exact) mass is 247 g/mol. The standard InChI is InChI=1S/C16H25NO/c1-13(2)17-11-7-8-14(3)12-15-9-5-6-10-16(15)18-4/h5-6,8-10,13,17H,7,11-12H2,1-4H3. The number of nitrogens with one attached hydrogen (secondary N) is 1. The lowest BCUT2D eigenvalue weighted by Gasteiger charge is -2.09. The number of hydrogen-bond donors (Lipinski definition) is 1. The topological polar surface area (TPSA) is 21.3 Å². The van der Waals surface area contributed by atoms with E-state index in [1.807, 2.05) is 12.1 Å². The zero-order valence-electron chi connectivity index (χ0n) is 12.0. The fraction of sp³-hybridized carbons (Fsp3) is 0.500. The molecule has 0 amide bonds. The molecule has 1 N–H and O–H groups in total. The Hall–Kier alpha value is -1.28. The van der Waals surface area contributed by atoms with E-state index in [0.717, 1.165) is 25.1 Å². The molecule has 0 heterocycles. The fourth-order valence-electron chi connectivity index (χ4n) is 1.91. The summed E-state index contributed by atoms with van der Waals surface area (Å²) in [6, 6.07) is 8.78. The summed E-state index contributed by atoms with van der Waals surface area (Å²) in [4.78, 5) is 0. The number of ether oxygens (including phenoxy) is 1. The molecule has 1 rings (SSSR count). The highest BCUT2D eigenvalue weighted by molar-refractivity contribution is 5.35. The van der Waals surface area contributed by atoms with Crippen LogP contribution in [0.5, 0.6) is 5.75 Å². The first-order valence-electron chi connectivity index (χ1n) is 6.64. The predicted molar refractivity (Wildman–Crippen MR) is 78.2 cm³/mol. The molecule has 1 aromatic rings. The van der Waals surface area contributed by atoms with Crippen LogP contribution in [0.15, 0.2) is 35.9 Å². The minimum Gasteiger partial charge on any atom is -0.496 e. The van der Waals surface area contributed by atoms with E-state index in [0.29, 0.717) is 6.04 Å². The lowest BCUT2D eigenvalue weighted by molar-refractivity contribution is 0.410. The summed E-state index contributed by atoms with van der Waals surface area (Å²) < 4.78 is 5.36. The van der Waals surface area contributed by atoms with Gasteiger partial charge in [0, 0.05) is 6.04 Å². The van der Waals surface area contributed by atoms with Crippen molar-refractivity contribution in [1.29, 1.82) is 0 Å². The number of para-hydroxylation sites is 1. The van der Waals surface area contributed by atoms with Crippen molar-refractivity contribution in [2.24, 2.45) is 0 Å². The van der Waals surface area contributed by atoms with Crippen LogP contribution in [0.3, 0.4) is 0 Å². The fourth-order valence-corrected chi connectivity index (χ4v) is 1.91. The minimum absolute atomic E-state index is 0.563. The molecule has 0 aromatic heterocycles. The highest BCUT2D eigenvalue weighted by atomic mass is 16.5. The van der Waals surface area contributed by atoms with Crippen molar-refractivity contribution in [3.63, 3.8) is 0 Å². The zero-order valence-corrected chi connectivity index (χ0v) is 12.0. The van der Waals surface area contributed by atoms with E-state index in [1.165, 1.54) is 11.1 Å². The molecule has 100 valence electrons. The van der Waals surface area contributed by atoms with Gasteiger partial charge in [-0.25, -0.2) is 0 Å². The van der Waals surface area contributed by atoms with E-state index in [9.17, 15) is 0 Å². The molecule has 0 atom stereocenters. The average molecular weight is 247 g/mol. The van der Waals surface area contributed by atoms with Crippen molar-refractivity contribution in [1.82, 2.24) is 5.32 Å². The first kappa shape index (κ1) is 14.8. The molecule has 0 unspecified atom stereocenters. The van der Waals surface area contributed by atoms with Crippen LogP contribution < -0.4 is 10.1 Å². The average Bonchev–Trinajstić information content (AvgIpc) is 2.35. The molecule has 0 radical (unpaired) electrons. The van der Waals surface area contributed by atoms with Gasteiger partial charge in [0.15, 0.2) is 0 Å². The Labute approximate surface area is 111 Å². The van der Waals surface area contributed by atoms with E-state index in [2.05, 4.69) is 44.3 Å². The van der Waals surface area contributed by atoms with Gasteiger partial charge in [-0.2, -0.15) is 0 Å². The molecule has 2 heteroatoms. The molecular formula is C16H25NO. The van der Waals surface area contributed by atoms with Crippen molar-refractivity contribution in [3.05, 3.63) is 41.5 Å². The van der Waals surface area contributed by atoms with Crippen molar-refractivity contribution >= 4 is 0 Å². The van der Waals surface area contributed by atoms with E-state index in [4.69, 9.17) is 4.74 Å². The van der Waals surface area contributed by atoms with Gasteiger partial charge in [-0.05, 0) is 37.9 Å². The summed E-state index contributed by atoms with van der Waals surface area (Å²) in [5.74, 6) is 0.977. The molecule has 0 aliphatic rings. The van der Waals surface area contributed by atoms with Crippen LogP contribution in [0.4, 0.5) is 0 Å². The maximum atomic E-state index is 5.36. The number of benzene rings is 1. The first-order valence-corrected chi connectivity index (χ1v) is 6.64. The summed E-state index contributed by atoms with van der Waals surface area (Å²) in [5, 5.41) is 3.42. The highest BCUT2D eigenvalue weighted by Gasteiger charge is 2.01. The Kier molecular flexibility index (Phi) is 6.51. The van der Waals surface area contributed by atoms with E-state index >= 15 is 0 Å². The number of rotatable bonds is 7. The van der Waals surface area contributed by atoms with Crippen molar-refractivity contribution in [2.75, 3.05) is 13.7 Å². The Morgan fingerprint density at radius 2 is 2.06 bits per heavy atom. The SMILES string of the molecule is COc1ccccc1CC(C)=CCCNC(C)C. The van der Waals surface area contributed by atoms with Crippen molar-refractivity contribution in [2.45, 2.75) is 39.7 Å². The summed E-state index contributed by atoms with van der Waals surface area (Å²) in [6.45, 7) is 7.57. The maximum Gasteiger partial charge on any atom is 0.122 e. The van der Waals surface area contributed by atoms with Crippen LogP contribution in [0.25, 0.3) is 0 Å². The summed E-state index contributed by atoms with van der Waals surface area (Å²) in [5.41, 5.74) is 2.65. The third-order valence-corrected chi connectivity index (χ3v) is 2.85. The second-order valence-electron chi connectivity index (χ2n) is 4.94. The molecular weight excluding hydrogens is 222 g/mol. The number of methoxy groups -OCH3 is 1. The first-order chi connectivity index (χ1) is 8.63. The van der Waals surface area contributed by atoms with Gasteiger partial charge in [0.25, 0.3) is 0 Å². The van der Waals surface area contributed by atoms with Crippen LogP contribution in [0, 0.1) is 0 Å². The smallest absolute Gasteiger partial charge is 0.122 e. The molecule has 18 heavy (non-hydrogen) atoms. The maximum absolute atomic E-state index is 5.36. The molecule has 0 aliphatic carbocycles. The van der Waals surface area contributed by atoms with Crippen LogP contribution in [0.1, 0.15) is 32.8 Å². The third kappa shape index (κ3) is 5.37. The van der Waals surface area contributed by atoms with Crippen molar-refractivity contribution in [3.8, 4) is 5.75 Å². The van der Waals surface area contributed by atoms with Gasteiger partial charge in [-0.1, -0.05) is 43.7 Å². The van der Waals surface area contributed by atoms with Gasteiger partial charge in [-0.15, -0.1) is 0 Å². The summed E-state index contributed by atoms with van der Waals surface area (Å²) in [7, 11) is 1.73. The lowest BCUT2D eigenvalue weighted by atomic mass is 10.0. The molecule has 0 saturated carbocycles. The Morgan fingerprint density at radius 3 is 2.72 bits per heavy atom. The van der Waals surface area contributed by atoms with Gasteiger partial charge < -0.3 is 10.1 Å². The predicted octanol–water partition coefficient (Wildman–Crippen LogP) is 3.57. The van der Waals surface area contributed by atoms with E-state index in [1.54, 1.807) is 7.11 Å². The lowest BCUT2D eigenvalue weighted by Crippen LogP contribution is -2.23. The minimum atomic E-state index is 0.563. The van der Waals surface area contributed by atoms with Crippen LogP contribution in [-0.4, -0.2) is 19.7 Å². The van der Waals surface area contributed by atoms with Gasteiger partial charge in [0.1, 0.15) is 5.75 Å². The molecule has 0 aliphatic heterocycles.